The second-order valence-electron chi connectivity index (χ2n) is 7.13. The number of nitrogens with one attached hydrogen (secondary N) is 2. The molecule has 5 nitrogen and oxygen atoms in total. The number of aromatic nitrogens is 2. The molecular formula is C21H18FN3O2. The Kier molecular flexibility index (Phi) is 3.53. The van der Waals surface area contributed by atoms with Crippen molar-refractivity contribution in [3.05, 3.63) is 65.9 Å². The first kappa shape index (κ1) is 16.1. The summed E-state index contributed by atoms with van der Waals surface area (Å²) in [4.78, 5) is 20.5. The Labute approximate surface area is 154 Å². The number of hydrogen-bond acceptors (Lipinski definition) is 3. The fourth-order valence-electron chi connectivity index (χ4n) is 3.59. The van der Waals surface area contributed by atoms with Crippen molar-refractivity contribution in [1.82, 2.24) is 15.3 Å². The van der Waals surface area contributed by atoms with Crippen LogP contribution >= 0.6 is 0 Å². The molecular weight excluding hydrogens is 345 g/mol. The lowest BCUT2D eigenvalue weighted by atomic mass is 10.2. The van der Waals surface area contributed by atoms with Gasteiger partial charge in [0, 0.05) is 17.2 Å². The molecule has 2 aromatic heterocycles. The average Bonchev–Trinajstić information content (AvgIpc) is 3.14. The number of furan rings is 1. The van der Waals surface area contributed by atoms with Crippen LogP contribution in [0.2, 0.25) is 0 Å². The zero-order valence-corrected chi connectivity index (χ0v) is 14.7. The Bertz CT molecular complexity index is 1130. The highest BCUT2D eigenvalue weighted by molar-refractivity contribution is 5.84. The van der Waals surface area contributed by atoms with Crippen LogP contribution in [0.3, 0.4) is 0 Å². The summed E-state index contributed by atoms with van der Waals surface area (Å²) in [6.07, 6.45) is 0.771. The molecule has 0 unspecified atom stereocenters. The monoisotopic (exact) mass is 363 g/mol. The first-order chi connectivity index (χ1) is 13.1. The van der Waals surface area contributed by atoms with Crippen molar-refractivity contribution in [1.29, 1.82) is 0 Å². The Balaban J connectivity index is 1.29. The van der Waals surface area contributed by atoms with E-state index in [1.165, 1.54) is 6.07 Å². The van der Waals surface area contributed by atoms with E-state index in [9.17, 15) is 9.18 Å². The fourth-order valence-corrected chi connectivity index (χ4v) is 3.59. The second kappa shape index (κ2) is 5.94. The summed E-state index contributed by atoms with van der Waals surface area (Å²) in [6, 6.07) is 14.1. The van der Waals surface area contributed by atoms with Gasteiger partial charge in [0.15, 0.2) is 11.4 Å². The Hall–Kier alpha value is -3.15. The number of nitrogens with zero attached hydrogens (tertiary/aromatic N) is 1. The molecule has 1 aliphatic carbocycles. The number of amides is 1. The zero-order valence-electron chi connectivity index (χ0n) is 14.7. The number of rotatable bonds is 4. The van der Waals surface area contributed by atoms with Crippen LogP contribution in [0.25, 0.3) is 22.0 Å². The molecule has 136 valence electrons. The molecule has 27 heavy (non-hydrogen) atoms. The highest BCUT2D eigenvalue weighted by Crippen LogP contribution is 2.47. The summed E-state index contributed by atoms with van der Waals surface area (Å²) in [5.74, 6) is 0.976. The Morgan fingerprint density at radius 1 is 1.30 bits per heavy atom. The van der Waals surface area contributed by atoms with Gasteiger partial charge in [-0.2, -0.15) is 0 Å². The molecule has 1 amide bonds. The minimum Gasteiger partial charge on any atom is -0.456 e. The van der Waals surface area contributed by atoms with E-state index < -0.39 is 5.82 Å². The van der Waals surface area contributed by atoms with Crippen LogP contribution in [0, 0.1) is 11.7 Å². The fraction of sp³-hybridized carbons (Fsp3) is 0.238. The maximum atomic E-state index is 13.8. The third-order valence-corrected chi connectivity index (χ3v) is 5.19. The predicted molar refractivity (Wildman–Crippen MR) is 99.7 cm³/mol. The van der Waals surface area contributed by atoms with Crippen LogP contribution in [0.1, 0.15) is 36.9 Å². The summed E-state index contributed by atoms with van der Waals surface area (Å²) in [5.41, 5.74) is 2.12. The van der Waals surface area contributed by atoms with Crippen molar-refractivity contribution in [3.63, 3.8) is 0 Å². The lowest BCUT2D eigenvalue weighted by molar-refractivity contribution is -0.123. The molecule has 1 saturated carbocycles. The van der Waals surface area contributed by atoms with Crippen LogP contribution < -0.4 is 5.32 Å². The van der Waals surface area contributed by atoms with Gasteiger partial charge in [0.1, 0.15) is 11.6 Å². The summed E-state index contributed by atoms with van der Waals surface area (Å²) < 4.78 is 19.4. The van der Waals surface area contributed by atoms with E-state index in [1.807, 2.05) is 31.2 Å². The first-order valence-electron chi connectivity index (χ1n) is 9.03. The van der Waals surface area contributed by atoms with E-state index in [0.29, 0.717) is 11.1 Å². The number of hydrogen-bond donors (Lipinski definition) is 2. The van der Waals surface area contributed by atoms with Crippen molar-refractivity contribution >= 4 is 27.9 Å². The quantitative estimate of drug-likeness (QED) is 0.563. The number of aromatic amines is 1. The van der Waals surface area contributed by atoms with E-state index in [4.69, 9.17) is 4.42 Å². The highest BCUT2D eigenvalue weighted by Gasteiger charge is 2.46. The number of benzene rings is 2. The molecule has 2 N–H and O–H groups in total. The van der Waals surface area contributed by atoms with Gasteiger partial charge in [-0.05, 0) is 37.6 Å². The lowest BCUT2D eigenvalue weighted by Gasteiger charge is -2.11. The maximum Gasteiger partial charge on any atom is 0.224 e. The molecule has 2 aromatic carbocycles. The van der Waals surface area contributed by atoms with E-state index in [0.717, 1.165) is 23.3 Å². The van der Waals surface area contributed by atoms with Gasteiger partial charge in [0.25, 0.3) is 0 Å². The summed E-state index contributed by atoms with van der Waals surface area (Å²) in [6.45, 7) is 1.84. The average molecular weight is 363 g/mol. The molecule has 0 spiro atoms. The van der Waals surface area contributed by atoms with Crippen molar-refractivity contribution in [3.8, 4) is 0 Å². The number of carbonyl (C=O) groups is 1. The molecule has 5 rings (SSSR count). The van der Waals surface area contributed by atoms with Crippen LogP contribution in [0.15, 0.2) is 52.9 Å². The number of carbonyl (C=O) groups excluding carboxylic acids is 1. The van der Waals surface area contributed by atoms with Gasteiger partial charge in [-0.1, -0.05) is 24.3 Å². The lowest BCUT2D eigenvalue weighted by Crippen LogP contribution is -2.28. The predicted octanol–water partition coefficient (Wildman–Crippen LogP) is 4.43. The number of H-pyrrole nitrogens is 1. The Morgan fingerprint density at radius 3 is 2.96 bits per heavy atom. The standard InChI is InChI=1S/C21H18FN3O2/c1-11(18-9-12-5-4-6-15(22)19(12)27-18)23-21(26)14-10-13(14)20-24-16-7-2-3-8-17(16)25-20/h2-9,11,13-14H,10H2,1H3,(H,23,26)(H,24,25)/t11-,13+,14+/m1/s1. The van der Waals surface area contributed by atoms with Crippen molar-refractivity contribution in [2.75, 3.05) is 0 Å². The van der Waals surface area contributed by atoms with E-state index >= 15 is 0 Å². The third-order valence-electron chi connectivity index (χ3n) is 5.19. The Morgan fingerprint density at radius 2 is 2.15 bits per heavy atom. The van der Waals surface area contributed by atoms with Crippen LogP contribution in [0.4, 0.5) is 4.39 Å². The first-order valence-corrected chi connectivity index (χ1v) is 9.03. The van der Waals surface area contributed by atoms with E-state index in [-0.39, 0.29) is 29.4 Å². The molecule has 0 radical (unpaired) electrons. The molecule has 0 saturated heterocycles. The molecule has 0 bridgehead atoms. The number of fused-ring (bicyclic) bond motifs is 2. The van der Waals surface area contributed by atoms with Crippen LogP contribution in [-0.2, 0) is 4.79 Å². The SMILES string of the molecule is C[C@@H](NC(=O)[C@H]1C[C@@H]1c1nc2ccccc2[nH]1)c1cc2cccc(F)c2o1. The zero-order chi connectivity index (χ0) is 18.5. The van der Waals surface area contributed by atoms with Crippen molar-refractivity contribution in [2.24, 2.45) is 5.92 Å². The molecule has 2 heterocycles. The second-order valence-corrected chi connectivity index (χ2v) is 7.13. The van der Waals surface area contributed by atoms with E-state index in [1.54, 1.807) is 18.2 Å². The maximum absolute atomic E-state index is 13.8. The largest absolute Gasteiger partial charge is 0.456 e. The third kappa shape index (κ3) is 2.77. The van der Waals surface area contributed by atoms with Gasteiger partial charge < -0.3 is 14.7 Å². The highest BCUT2D eigenvalue weighted by atomic mass is 19.1. The van der Waals surface area contributed by atoms with Crippen LogP contribution in [-0.4, -0.2) is 15.9 Å². The number of halogens is 1. The van der Waals surface area contributed by atoms with Gasteiger partial charge >= 0.3 is 0 Å². The number of para-hydroxylation sites is 3. The molecule has 6 heteroatoms. The smallest absolute Gasteiger partial charge is 0.224 e. The normalized spacial score (nSPS) is 20.1. The molecule has 4 aromatic rings. The van der Waals surface area contributed by atoms with E-state index in [2.05, 4.69) is 15.3 Å². The molecule has 1 aliphatic rings. The summed E-state index contributed by atoms with van der Waals surface area (Å²) in [5, 5.41) is 3.67. The van der Waals surface area contributed by atoms with Gasteiger partial charge in [-0.25, -0.2) is 9.37 Å². The van der Waals surface area contributed by atoms with Crippen LogP contribution in [0.5, 0.6) is 0 Å². The summed E-state index contributed by atoms with van der Waals surface area (Å²) in [7, 11) is 0. The van der Waals surface area contributed by atoms with Gasteiger partial charge in [-0.3, -0.25) is 4.79 Å². The topological polar surface area (TPSA) is 70.9 Å². The van der Waals surface area contributed by atoms with Crippen molar-refractivity contribution < 1.29 is 13.6 Å². The van der Waals surface area contributed by atoms with Crippen molar-refractivity contribution in [2.45, 2.75) is 25.3 Å². The molecule has 1 fully saturated rings. The number of imidazole rings is 1. The van der Waals surface area contributed by atoms with Gasteiger partial charge in [0.2, 0.25) is 5.91 Å². The van der Waals surface area contributed by atoms with Gasteiger partial charge in [0.05, 0.1) is 17.1 Å². The molecule has 3 atom stereocenters. The minimum atomic E-state index is -0.399. The molecule has 0 aliphatic heterocycles. The minimum absolute atomic E-state index is 0.0334. The van der Waals surface area contributed by atoms with Gasteiger partial charge in [-0.15, -0.1) is 0 Å². The summed E-state index contributed by atoms with van der Waals surface area (Å²) >= 11 is 0.